The van der Waals surface area contributed by atoms with Gasteiger partial charge in [-0.05, 0) is 85.2 Å². The van der Waals surface area contributed by atoms with Crippen molar-refractivity contribution >= 4 is 68.6 Å². The summed E-state index contributed by atoms with van der Waals surface area (Å²) in [5, 5.41) is 0. The summed E-state index contributed by atoms with van der Waals surface area (Å²) in [6.07, 6.45) is 2.79. The van der Waals surface area contributed by atoms with Gasteiger partial charge in [0.1, 0.15) is 0 Å². The van der Waals surface area contributed by atoms with Crippen molar-refractivity contribution in [2.24, 2.45) is 0 Å². The molecule has 2 aromatic carbocycles. The van der Waals surface area contributed by atoms with Crippen LogP contribution in [0.2, 0.25) is 0 Å². The van der Waals surface area contributed by atoms with Crippen LogP contribution in [-0.2, 0) is 4.79 Å². The largest absolute Gasteiger partial charge is 0.490 e. The van der Waals surface area contributed by atoms with E-state index in [9.17, 15) is 4.79 Å². The van der Waals surface area contributed by atoms with E-state index in [-0.39, 0.29) is 5.91 Å². The van der Waals surface area contributed by atoms with Crippen molar-refractivity contribution in [1.29, 1.82) is 0 Å². The first-order valence-corrected chi connectivity index (χ1v) is 12.1. The summed E-state index contributed by atoms with van der Waals surface area (Å²) in [5.74, 6) is 1.34. The Labute approximate surface area is 201 Å². The van der Waals surface area contributed by atoms with Crippen molar-refractivity contribution in [3.8, 4) is 11.5 Å². The van der Waals surface area contributed by atoms with Gasteiger partial charge in [0.15, 0.2) is 15.8 Å². The monoisotopic (exact) mass is 553 g/mol. The number of hydrogen-bond donors (Lipinski definition) is 0. The fraction of sp³-hybridized carbons (Fsp3) is 0.304. The van der Waals surface area contributed by atoms with Crippen molar-refractivity contribution in [1.82, 2.24) is 0 Å². The second-order valence-electron chi connectivity index (χ2n) is 6.92. The van der Waals surface area contributed by atoms with Gasteiger partial charge in [0.2, 0.25) is 0 Å². The highest BCUT2D eigenvalue weighted by Gasteiger charge is 2.34. The molecular formula is C23H24INO3S2. The van der Waals surface area contributed by atoms with Crippen molar-refractivity contribution in [2.75, 3.05) is 18.1 Å². The molecule has 0 spiro atoms. The minimum absolute atomic E-state index is 0.101. The van der Waals surface area contributed by atoms with E-state index in [2.05, 4.69) is 35.6 Å². The number of ether oxygens (including phenoxy) is 2. The second-order valence-corrected chi connectivity index (χ2v) is 9.76. The molecule has 0 aliphatic carbocycles. The van der Waals surface area contributed by atoms with Crippen LogP contribution < -0.4 is 14.4 Å². The van der Waals surface area contributed by atoms with Crippen LogP contribution in [0.1, 0.15) is 37.0 Å². The summed E-state index contributed by atoms with van der Waals surface area (Å²) >= 11 is 9.10. The first kappa shape index (κ1) is 23.1. The maximum atomic E-state index is 13.2. The van der Waals surface area contributed by atoms with Gasteiger partial charge in [-0.15, -0.1) is 0 Å². The molecule has 0 bridgehead atoms. The Morgan fingerprint density at radius 1 is 1.17 bits per heavy atom. The highest BCUT2D eigenvalue weighted by atomic mass is 127. The molecule has 0 radical (unpaired) electrons. The van der Waals surface area contributed by atoms with Crippen LogP contribution in [-0.4, -0.2) is 23.4 Å². The predicted octanol–water partition coefficient (Wildman–Crippen LogP) is 6.50. The number of carbonyl (C=O) groups excluding carboxylic acids is 1. The predicted molar refractivity (Wildman–Crippen MR) is 138 cm³/mol. The Morgan fingerprint density at radius 3 is 2.60 bits per heavy atom. The fourth-order valence-electron chi connectivity index (χ4n) is 3.16. The molecule has 158 valence electrons. The van der Waals surface area contributed by atoms with Crippen LogP contribution >= 0.6 is 46.6 Å². The highest BCUT2D eigenvalue weighted by Crippen LogP contribution is 2.39. The Morgan fingerprint density at radius 2 is 1.93 bits per heavy atom. The Kier molecular flexibility index (Phi) is 7.81. The number of anilines is 1. The van der Waals surface area contributed by atoms with E-state index in [0.29, 0.717) is 28.2 Å². The summed E-state index contributed by atoms with van der Waals surface area (Å²) < 4.78 is 13.2. The second kappa shape index (κ2) is 10.2. The lowest BCUT2D eigenvalue weighted by atomic mass is 10.1. The number of hydrogen-bond acceptors (Lipinski definition) is 5. The lowest BCUT2D eigenvalue weighted by Crippen LogP contribution is -2.28. The number of thioether (sulfide) groups is 1. The zero-order valence-corrected chi connectivity index (χ0v) is 21.2. The number of carbonyl (C=O) groups is 1. The first-order valence-electron chi connectivity index (χ1n) is 9.80. The zero-order valence-electron chi connectivity index (χ0n) is 17.5. The molecule has 2 aromatic rings. The minimum Gasteiger partial charge on any atom is -0.490 e. The average molecular weight is 553 g/mol. The molecule has 30 heavy (non-hydrogen) atoms. The molecule has 0 aromatic heterocycles. The standard InChI is InChI=1S/C23H24INO3S2/c1-5-9-28-21-17(24)11-16(12-19(21)27-6-2)13-20-22(26)25(23(29)30-20)18-8-7-14(3)10-15(18)4/h7-8,10-13H,5-6,9H2,1-4H3/b20-13+. The van der Waals surface area contributed by atoms with Crippen LogP contribution in [0, 0.1) is 17.4 Å². The number of aryl methyl sites for hydroxylation is 2. The Bertz CT molecular complexity index is 1020. The van der Waals surface area contributed by atoms with E-state index in [0.717, 1.165) is 38.1 Å². The van der Waals surface area contributed by atoms with E-state index >= 15 is 0 Å². The summed E-state index contributed by atoms with van der Waals surface area (Å²) in [7, 11) is 0. The molecule has 3 rings (SSSR count). The van der Waals surface area contributed by atoms with Gasteiger partial charge in [0, 0.05) is 0 Å². The zero-order chi connectivity index (χ0) is 21.8. The molecule has 0 atom stereocenters. The molecule has 1 amide bonds. The normalized spacial score (nSPS) is 15.2. The van der Waals surface area contributed by atoms with Gasteiger partial charge in [0.25, 0.3) is 5.91 Å². The van der Waals surface area contributed by atoms with Gasteiger partial charge in [0.05, 0.1) is 27.4 Å². The first-order chi connectivity index (χ1) is 14.3. The van der Waals surface area contributed by atoms with E-state index in [4.69, 9.17) is 21.7 Å². The van der Waals surface area contributed by atoms with Crippen molar-refractivity contribution in [2.45, 2.75) is 34.1 Å². The van der Waals surface area contributed by atoms with Crippen LogP contribution in [0.4, 0.5) is 5.69 Å². The van der Waals surface area contributed by atoms with Gasteiger partial charge in [-0.2, -0.15) is 0 Å². The maximum Gasteiger partial charge on any atom is 0.270 e. The number of halogens is 1. The Balaban J connectivity index is 1.95. The number of thiocarbonyl (C=S) groups is 1. The molecule has 0 unspecified atom stereocenters. The topological polar surface area (TPSA) is 38.8 Å². The summed E-state index contributed by atoms with van der Waals surface area (Å²) in [6, 6.07) is 9.92. The summed E-state index contributed by atoms with van der Waals surface area (Å²) in [6.45, 7) is 9.21. The third-order valence-electron chi connectivity index (χ3n) is 4.47. The number of rotatable bonds is 7. The smallest absolute Gasteiger partial charge is 0.270 e. The molecule has 1 fully saturated rings. The molecule has 1 aliphatic heterocycles. The molecular weight excluding hydrogens is 529 g/mol. The number of benzene rings is 2. The van der Waals surface area contributed by atoms with E-state index in [1.165, 1.54) is 11.8 Å². The summed E-state index contributed by atoms with van der Waals surface area (Å²) in [4.78, 5) is 15.4. The van der Waals surface area contributed by atoms with Gasteiger partial charge in [-0.3, -0.25) is 9.69 Å². The third kappa shape index (κ3) is 5.00. The number of nitrogens with zero attached hydrogens (tertiary/aromatic N) is 1. The maximum absolute atomic E-state index is 13.2. The molecule has 1 saturated heterocycles. The number of amides is 1. The molecule has 7 heteroatoms. The van der Waals surface area contributed by atoms with Gasteiger partial charge >= 0.3 is 0 Å². The SMILES string of the molecule is CCCOc1c(I)cc(/C=C2/SC(=S)N(c3ccc(C)cc3C)C2=O)cc1OCC. The van der Waals surface area contributed by atoms with E-state index in [1.54, 1.807) is 4.90 Å². The van der Waals surface area contributed by atoms with E-state index < -0.39 is 0 Å². The molecule has 0 saturated carbocycles. The van der Waals surface area contributed by atoms with Gasteiger partial charge < -0.3 is 9.47 Å². The fourth-order valence-corrected chi connectivity index (χ4v) is 5.23. The van der Waals surface area contributed by atoms with Crippen molar-refractivity contribution < 1.29 is 14.3 Å². The van der Waals surface area contributed by atoms with Gasteiger partial charge in [-0.1, -0.05) is 48.6 Å². The van der Waals surface area contributed by atoms with Crippen LogP contribution in [0.15, 0.2) is 35.2 Å². The molecule has 1 aliphatic rings. The molecule has 4 nitrogen and oxygen atoms in total. The Hall–Kier alpha value is -1.58. The van der Waals surface area contributed by atoms with E-state index in [1.807, 2.05) is 51.1 Å². The minimum atomic E-state index is -0.101. The average Bonchev–Trinajstić information content (AvgIpc) is 2.95. The quantitative estimate of drug-likeness (QED) is 0.222. The lowest BCUT2D eigenvalue weighted by molar-refractivity contribution is -0.113. The van der Waals surface area contributed by atoms with Crippen LogP contribution in [0.25, 0.3) is 6.08 Å². The van der Waals surface area contributed by atoms with Crippen molar-refractivity contribution in [3.05, 3.63) is 55.5 Å². The van der Waals surface area contributed by atoms with Gasteiger partial charge in [-0.25, -0.2) is 0 Å². The highest BCUT2D eigenvalue weighted by molar-refractivity contribution is 14.1. The molecule has 0 N–H and O–H groups in total. The summed E-state index contributed by atoms with van der Waals surface area (Å²) in [5.41, 5.74) is 3.89. The molecule has 1 heterocycles. The lowest BCUT2D eigenvalue weighted by Gasteiger charge is -2.17. The van der Waals surface area contributed by atoms with Crippen LogP contribution in [0.5, 0.6) is 11.5 Å². The third-order valence-corrected chi connectivity index (χ3v) is 6.57. The van der Waals surface area contributed by atoms with Crippen molar-refractivity contribution in [3.63, 3.8) is 0 Å². The van der Waals surface area contributed by atoms with Crippen LogP contribution in [0.3, 0.4) is 0 Å².